The average molecular weight is 690 g/mol. The zero-order valence-corrected chi connectivity index (χ0v) is 30.8. The minimum atomic E-state index is -1.04. The van der Waals surface area contributed by atoms with Crippen molar-refractivity contribution in [1.82, 2.24) is 4.90 Å². The van der Waals surface area contributed by atoms with Gasteiger partial charge in [0.2, 0.25) is 5.78 Å². The average Bonchev–Trinajstić information content (AvgIpc) is 3.58. The monoisotopic (exact) mass is 689 g/mol. The van der Waals surface area contributed by atoms with Crippen LogP contribution in [0.5, 0.6) is 0 Å². The number of hydrogen-bond donors (Lipinski definition) is 4. The Hall–Kier alpha value is -1.87. The first-order valence-electron chi connectivity index (χ1n) is 19.2. The van der Waals surface area contributed by atoms with Crippen molar-refractivity contribution in [3.63, 3.8) is 0 Å². The molecular weight excluding hydrogens is 631 g/mol. The predicted octanol–water partition coefficient (Wildman–Crippen LogP) is 7.20. The first kappa shape index (κ1) is 35.5. The highest BCUT2D eigenvalue weighted by molar-refractivity contribution is 7.14. The molecule has 6 nitrogen and oxygen atoms in total. The van der Waals surface area contributed by atoms with Crippen molar-refractivity contribution in [2.75, 3.05) is 26.2 Å². The molecular formula is C42H59NO5S. The lowest BCUT2D eigenvalue weighted by Gasteiger charge is -2.58. The molecule has 268 valence electrons. The first-order chi connectivity index (χ1) is 23.4. The Morgan fingerprint density at radius 1 is 1.00 bits per heavy atom. The predicted molar refractivity (Wildman–Crippen MR) is 196 cm³/mol. The van der Waals surface area contributed by atoms with Crippen LogP contribution in [0.1, 0.15) is 128 Å². The van der Waals surface area contributed by atoms with Gasteiger partial charge in [0.05, 0.1) is 29.3 Å². The molecule has 1 heterocycles. The van der Waals surface area contributed by atoms with E-state index in [1.54, 1.807) is 0 Å². The quantitative estimate of drug-likeness (QED) is 0.164. The molecule has 7 heteroatoms. The first-order valence-corrected chi connectivity index (χ1v) is 20.0. The molecule has 2 aromatic rings. The molecule has 0 spiro atoms. The standard InChI is InChI=1S/C42H59NO5S/c1-27-5-4-13-40(3)37(35-10-8-29(18-33(45)9-6-27)19-36(35)39(47)38-11-7-28(2)49-38)12-14-42(40,48)26-43(23-34(46)24-44)25-41-20-30-15-31(21-41)17-32(16-30)22-41/h5,7-8,10-11,19,30-34,37,44-46,48H,4,6,9,12-18,20-26H2,1-3H3/t30?,31?,32?,33-,34-,37-,40-,41?,42+/m0/s1. The van der Waals surface area contributed by atoms with Crippen LogP contribution in [-0.4, -0.2) is 75.2 Å². The molecule has 6 bridgehead atoms. The fraction of sp³-hybridized carbons (Fsp3) is 0.690. The number of fused-ring (bicyclic) bond motifs is 8. The van der Waals surface area contributed by atoms with E-state index in [9.17, 15) is 25.2 Å². The number of carbonyl (C=O) groups excluding carboxylic acids is 1. The maximum atomic E-state index is 14.3. The number of aliphatic hydroxyl groups is 4. The van der Waals surface area contributed by atoms with Gasteiger partial charge >= 0.3 is 0 Å². The Balaban J connectivity index is 1.26. The topological polar surface area (TPSA) is 101 Å². The van der Waals surface area contributed by atoms with E-state index in [1.807, 2.05) is 25.1 Å². The van der Waals surface area contributed by atoms with Crippen LogP contribution < -0.4 is 0 Å². The largest absolute Gasteiger partial charge is 0.394 e. The van der Waals surface area contributed by atoms with E-state index in [4.69, 9.17) is 0 Å². The van der Waals surface area contributed by atoms with Crippen molar-refractivity contribution >= 4 is 17.1 Å². The second kappa shape index (κ2) is 13.9. The summed E-state index contributed by atoms with van der Waals surface area (Å²) in [4.78, 5) is 18.4. The molecule has 5 saturated carbocycles. The third-order valence-electron chi connectivity index (χ3n) is 13.8. The van der Waals surface area contributed by atoms with Crippen LogP contribution >= 0.6 is 11.3 Å². The molecule has 4 N–H and O–H groups in total. The number of allylic oxidation sites excluding steroid dienone is 2. The summed E-state index contributed by atoms with van der Waals surface area (Å²) in [5.74, 6) is 2.44. The number of nitrogens with zero attached hydrogens (tertiary/aromatic N) is 1. The number of carbonyl (C=O) groups is 1. The van der Waals surface area contributed by atoms with Crippen molar-refractivity contribution in [3.8, 4) is 0 Å². The number of rotatable bonds is 9. The maximum Gasteiger partial charge on any atom is 0.203 e. The Morgan fingerprint density at radius 2 is 1.71 bits per heavy atom. The summed E-state index contributed by atoms with van der Waals surface area (Å²) in [5, 5.41) is 44.9. The number of hydrogen-bond acceptors (Lipinski definition) is 7. The molecule has 5 fully saturated rings. The summed E-state index contributed by atoms with van der Waals surface area (Å²) < 4.78 is 0. The maximum absolute atomic E-state index is 14.3. The molecule has 5 atom stereocenters. The Morgan fingerprint density at radius 3 is 2.37 bits per heavy atom. The van der Waals surface area contributed by atoms with Crippen LogP contribution in [0.4, 0.5) is 0 Å². The third kappa shape index (κ3) is 7.15. The van der Waals surface area contributed by atoms with Crippen LogP contribution in [0.2, 0.25) is 0 Å². The van der Waals surface area contributed by atoms with Gasteiger partial charge in [0, 0.05) is 35.5 Å². The summed E-state index contributed by atoms with van der Waals surface area (Å²) in [6.07, 6.45) is 13.8. The fourth-order valence-electron chi connectivity index (χ4n) is 11.8. The van der Waals surface area contributed by atoms with Crippen molar-refractivity contribution in [1.29, 1.82) is 0 Å². The number of aliphatic hydroxyl groups excluding tert-OH is 3. The van der Waals surface area contributed by atoms with Gasteiger partial charge in [-0.25, -0.2) is 0 Å². The Labute approximate surface area is 297 Å². The van der Waals surface area contributed by atoms with Crippen LogP contribution in [0, 0.1) is 35.5 Å². The number of aryl methyl sites for hydroxylation is 1. The van der Waals surface area contributed by atoms with Crippen molar-refractivity contribution in [2.45, 2.75) is 128 Å². The highest BCUT2D eigenvalue weighted by Crippen LogP contribution is 2.62. The SMILES string of the molecule is CC1=CCC[C@@]2(C)[C@@H](CC[C@@]2(O)CN(C[C@H](O)CO)CC23CC4CC(CC(C4)C2)C3)c2ccc(cc2C(=O)c2ccc(C)s2)C[C@@H](O)CC1. The molecule has 1 aromatic carbocycles. The van der Waals surface area contributed by atoms with Gasteiger partial charge in [0.25, 0.3) is 0 Å². The Bertz CT molecular complexity index is 1510. The summed E-state index contributed by atoms with van der Waals surface area (Å²) in [6.45, 7) is 7.84. The van der Waals surface area contributed by atoms with E-state index < -0.39 is 23.2 Å². The zero-order chi connectivity index (χ0) is 34.6. The van der Waals surface area contributed by atoms with Crippen molar-refractivity contribution in [2.24, 2.45) is 28.6 Å². The van der Waals surface area contributed by atoms with E-state index in [-0.39, 0.29) is 23.7 Å². The lowest BCUT2D eigenvalue weighted by atomic mass is 9.49. The molecule has 0 unspecified atom stereocenters. The van der Waals surface area contributed by atoms with E-state index in [0.29, 0.717) is 37.9 Å². The van der Waals surface area contributed by atoms with E-state index in [0.717, 1.165) is 70.9 Å². The van der Waals surface area contributed by atoms with Gasteiger partial charge < -0.3 is 20.4 Å². The Kier molecular flexibility index (Phi) is 10.1. The van der Waals surface area contributed by atoms with Gasteiger partial charge in [0.15, 0.2) is 0 Å². The molecule has 0 radical (unpaired) electrons. The highest BCUT2D eigenvalue weighted by Gasteiger charge is 2.58. The number of thiophene rings is 1. The summed E-state index contributed by atoms with van der Waals surface area (Å²) >= 11 is 1.52. The van der Waals surface area contributed by atoms with Gasteiger partial charge in [-0.05, 0) is 156 Å². The van der Waals surface area contributed by atoms with Gasteiger partial charge in [-0.1, -0.05) is 30.7 Å². The van der Waals surface area contributed by atoms with Gasteiger partial charge in [-0.15, -0.1) is 11.3 Å². The summed E-state index contributed by atoms with van der Waals surface area (Å²) in [6, 6.07) is 10.2. The number of benzene rings is 1. The van der Waals surface area contributed by atoms with Gasteiger partial charge in [0.1, 0.15) is 0 Å². The minimum Gasteiger partial charge on any atom is -0.394 e. The lowest BCUT2D eigenvalue weighted by Crippen LogP contribution is -2.57. The number of ketones is 1. The minimum absolute atomic E-state index is 0.0274. The third-order valence-corrected chi connectivity index (χ3v) is 14.8. The molecule has 7 aliphatic carbocycles. The highest BCUT2D eigenvalue weighted by atomic mass is 32.1. The molecule has 1 aromatic heterocycles. The van der Waals surface area contributed by atoms with E-state index in [1.165, 1.54) is 55.4 Å². The van der Waals surface area contributed by atoms with Crippen LogP contribution in [0.25, 0.3) is 0 Å². The molecule has 0 saturated heterocycles. The lowest BCUT2D eigenvalue weighted by molar-refractivity contribution is -0.114. The second-order valence-electron chi connectivity index (χ2n) is 17.6. The second-order valence-corrected chi connectivity index (χ2v) is 18.9. The molecule has 49 heavy (non-hydrogen) atoms. The van der Waals surface area contributed by atoms with Crippen molar-refractivity contribution in [3.05, 3.63) is 68.4 Å². The zero-order valence-electron chi connectivity index (χ0n) is 30.0. The van der Waals surface area contributed by atoms with Crippen molar-refractivity contribution < 1.29 is 25.2 Å². The van der Waals surface area contributed by atoms with E-state index in [2.05, 4.69) is 37.0 Å². The normalized spacial score (nSPS) is 36.5. The smallest absolute Gasteiger partial charge is 0.203 e. The molecule has 0 aliphatic heterocycles. The molecule has 9 rings (SSSR count). The van der Waals surface area contributed by atoms with Crippen LogP contribution in [0.15, 0.2) is 42.0 Å². The van der Waals surface area contributed by atoms with Crippen LogP contribution in [-0.2, 0) is 6.42 Å². The van der Waals surface area contributed by atoms with Crippen LogP contribution in [0.3, 0.4) is 0 Å². The van der Waals surface area contributed by atoms with E-state index >= 15 is 0 Å². The molecule has 0 amide bonds. The fourth-order valence-corrected chi connectivity index (χ4v) is 12.6. The van der Waals surface area contributed by atoms with Gasteiger partial charge in [-0.2, -0.15) is 0 Å². The summed E-state index contributed by atoms with van der Waals surface area (Å²) in [7, 11) is 0. The molecule has 7 aliphatic rings. The van der Waals surface area contributed by atoms with Gasteiger partial charge in [-0.3, -0.25) is 9.69 Å². The summed E-state index contributed by atoms with van der Waals surface area (Å²) in [5.41, 5.74) is 2.63.